The van der Waals surface area contributed by atoms with Crippen molar-refractivity contribution < 1.29 is 18.0 Å². The van der Waals surface area contributed by atoms with Crippen LogP contribution in [-0.2, 0) is 6.18 Å². The quantitative estimate of drug-likeness (QED) is 0.817. The molecular weight excluding hydrogens is 373 g/mol. The van der Waals surface area contributed by atoms with E-state index in [1.54, 1.807) is 12.1 Å². The molecule has 0 spiro atoms. The molecule has 0 aliphatic carbocycles. The molecule has 3 nitrogen and oxygen atoms in total. The topological polar surface area (TPSA) is 42.0 Å². The summed E-state index contributed by atoms with van der Waals surface area (Å²) in [5, 5.41) is 2.82. The monoisotopic (exact) mass is 378 g/mol. The second kappa shape index (κ2) is 6.03. The molecule has 0 bridgehead atoms. The summed E-state index contributed by atoms with van der Waals surface area (Å²) in [4.78, 5) is 15.3. The summed E-state index contributed by atoms with van der Waals surface area (Å²) in [6, 6.07) is 6.57. The lowest BCUT2D eigenvalue weighted by atomic mass is 10.2. The van der Waals surface area contributed by atoms with E-state index in [9.17, 15) is 18.0 Å². The standard InChI is InChI=1S/C13H7BrClF3N2O/c14-10-3-1-7(15)5-9(10)12(21)20-8-2-4-11(19-6-8)13(16,17)18/h1-6H,(H,20,21). The maximum atomic E-state index is 12.4. The SMILES string of the molecule is O=C(Nc1ccc(C(F)(F)F)nc1)c1cc(Cl)ccc1Br. The van der Waals surface area contributed by atoms with E-state index in [0.717, 1.165) is 18.3 Å². The Bertz CT molecular complexity index is 674. The average molecular weight is 380 g/mol. The summed E-state index contributed by atoms with van der Waals surface area (Å²) in [6.45, 7) is 0. The Hall–Kier alpha value is -1.60. The zero-order valence-electron chi connectivity index (χ0n) is 10.2. The molecule has 0 unspecified atom stereocenters. The van der Waals surface area contributed by atoms with Crippen molar-refractivity contribution in [2.45, 2.75) is 6.18 Å². The van der Waals surface area contributed by atoms with E-state index < -0.39 is 17.8 Å². The van der Waals surface area contributed by atoms with Crippen LogP contribution in [-0.4, -0.2) is 10.9 Å². The number of rotatable bonds is 2. The number of hydrogen-bond acceptors (Lipinski definition) is 2. The number of alkyl halides is 3. The lowest BCUT2D eigenvalue weighted by molar-refractivity contribution is -0.141. The Kier molecular flexibility index (Phi) is 4.53. The predicted octanol–water partition coefficient (Wildman–Crippen LogP) is 4.77. The first kappa shape index (κ1) is 15.8. The van der Waals surface area contributed by atoms with Gasteiger partial charge in [-0.15, -0.1) is 0 Å². The van der Waals surface area contributed by atoms with Gasteiger partial charge in [0.2, 0.25) is 0 Å². The summed E-state index contributed by atoms with van der Waals surface area (Å²) in [5.41, 5.74) is -0.605. The van der Waals surface area contributed by atoms with E-state index in [2.05, 4.69) is 26.2 Å². The molecule has 0 fully saturated rings. The highest BCUT2D eigenvalue weighted by atomic mass is 79.9. The Labute approximate surface area is 131 Å². The van der Waals surface area contributed by atoms with Crippen LogP contribution in [0.1, 0.15) is 16.1 Å². The van der Waals surface area contributed by atoms with Gasteiger partial charge in [-0.2, -0.15) is 13.2 Å². The highest BCUT2D eigenvalue weighted by Crippen LogP contribution is 2.28. The summed E-state index contributed by atoms with van der Waals surface area (Å²) in [5.74, 6) is -0.508. The van der Waals surface area contributed by atoms with E-state index in [-0.39, 0.29) is 11.3 Å². The molecule has 1 N–H and O–H groups in total. The molecule has 0 aliphatic heterocycles. The number of aromatic nitrogens is 1. The molecule has 2 rings (SSSR count). The zero-order valence-corrected chi connectivity index (χ0v) is 12.6. The molecule has 1 heterocycles. The number of amides is 1. The van der Waals surface area contributed by atoms with Crippen molar-refractivity contribution in [2.24, 2.45) is 0 Å². The van der Waals surface area contributed by atoms with Gasteiger partial charge in [0.1, 0.15) is 5.69 Å². The third-order valence-electron chi connectivity index (χ3n) is 2.48. The third kappa shape index (κ3) is 3.95. The van der Waals surface area contributed by atoms with Gasteiger partial charge in [-0.3, -0.25) is 4.79 Å². The van der Waals surface area contributed by atoms with Gasteiger partial charge in [0, 0.05) is 9.50 Å². The van der Waals surface area contributed by atoms with E-state index in [1.165, 1.54) is 6.07 Å². The molecule has 8 heteroatoms. The smallest absolute Gasteiger partial charge is 0.321 e. The largest absolute Gasteiger partial charge is 0.433 e. The minimum absolute atomic E-state index is 0.153. The van der Waals surface area contributed by atoms with Gasteiger partial charge in [-0.25, -0.2) is 4.98 Å². The Balaban J connectivity index is 2.18. The zero-order chi connectivity index (χ0) is 15.6. The van der Waals surface area contributed by atoms with E-state index in [4.69, 9.17) is 11.6 Å². The fraction of sp³-hybridized carbons (Fsp3) is 0.0769. The second-order valence-corrected chi connectivity index (χ2v) is 5.30. The van der Waals surface area contributed by atoms with Gasteiger partial charge in [-0.1, -0.05) is 11.6 Å². The highest BCUT2D eigenvalue weighted by Gasteiger charge is 2.32. The average Bonchev–Trinajstić information content (AvgIpc) is 2.41. The van der Waals surface area contributed by atoms with E-state index in [0.29, 0.717) is 9.50 Å². The Morgan fingerprint density at radius 3 is 2.52 bits per heavy atom. The van der Waals surface area contributed by atoms with Gasteiger partial charge in [0.15, 0.2) is 0 Å². The lowest BCUT2D eigenvalue weighted by Crippen LogP contribution is -2.14. The Morgan fingerprint density at radius 2 is 1.95 bits per heavy atom. The first-order valence-corrected chi connectivity index (χ1v) is 6.74. The molecule has 0 saturated heterocycles. The number of anilines is 1. The molecule has 110 valence electrons. The first-order chi connectivity index (χ1) is 9.77. The molecule has 1 amide bonds. The molecular formula is C13H7BrClF3N2O. The van der Waals surface area contributed by atoms with Gasteiger partial charge >= 0.3 is 6.18 Å². The molecule has 21 heavy (non-hydrogen) atoms. The minimum Gasteiger partial charge on any atom is -0.321 e. The van der Waals surface area contributed by atoms with Gasteiger partial charge < -0.3 is 5.32 Å². The molecule has 0 aliphatic rings. The van der Waals surface area contributed by atoms with E-state index >= 15 is 0 Å². The molecule has 1 aromatic carbocycles. The van der Waals surface area contributed by atoms with Crippen molar-refractivity contribution in [3.05, 3.63) is 57.3 Å². The number of nitrogens with zero attached hydrogens (tertiary/aromatic N) is 1. The summed E-state index contributed by atoms with van der Waals surface area (Å²) in [7, 11) is 0. The molecule has 1 aromatic heterocycles. The minimum atomic E-state index is -4.52. The molecule has 2 aromatic rings. The van der Waals surface area contributed by atoms with Crippen LogP contribution in [0, 0.1) is 0 Å². The van der Waals surface area contributed by atoms with Crippen LogP contribution in [0.3, 0.4) is 0 Å². The van der Waals surface area contributed by atoms with Crippen molar-refractivity contribution >= 4 is 39.1 Å². The first-order valence-electron chi connectivity index (χ1n) is 5.57. The number of nitrogens with one attached hydrogen (secondary N) is 1. The van der Waals surface area contributed by atoms with Crippen molar-refractivity contribution in [3.8, 4) is 0 Å². The van der Waals surface area contributed by atoms with Crippen LogP contribution < -0.4 is 5.32 Å². The van der Waals surface area contributed by atoms with Crippen LogP contribution in [0.2, 0.25) is 5.02 Å². The maximum Gasteiger partial charge on any atom is 0.433 e. The normalized spacial score (nSPS) is 11.3. The molecule has 0 saturated carbocycles. The molecule has 0 atom stereocenters. The van der Waals surface area contributed by atoms with Crippen molar-refractivity contribution in [1.29, 1.82) is 0 Å². The predicted molar refractivity (Wildman–Crippen MR) is 76.3 cm³/mol. The van der Waals surface area contributed by atoms with Crippen LogP contribution in [0.4, 0.5) is 18.9 Å². The number of benzene rings is 1. The fourth-order valence-electron chi connectivity index (χ4n) is 1.51. The van der Waals surface area contributed by atoms with Crippen molar-refractivity contribution in [3.63, 3.8) is 0 Å². The van der Waals surface area contributed by atoms with Crippen molar-refractivity contribution in [1.82, 2.24) is 4.98 Å². The summed E-state index contributed by atoms with van der Waals surface area (Å²) >= 11 is 8.99. The number of carbonyl (C=O) groups is 1. The number of pyridine rings is 1. The van der Waals surface area contributed by atoms with Gasteiger partial charge in [0.25, 0.3) is 5.91 Å². The van der Waals surface area contributed by atoms with Gasteiger partial charge in [0.05, 0.1) is 17.4 Å². The maximum absolute atomic E-state index is 12.4. The van der Waals surface area contributed by atoms with Crippen molar-refractivity contribution in [2.75, 3.05) is 5.32 Å². The summed E-state index contributed by atoms with van der Waals surface area (Å²) < 4.78 is 37.6. The van der Waals surface area contributed by atoms with Crippen LogP contribution in [0.5, 0.6) is 0 Å². The lowest BCUT2D eigenvalue weighted by Gasteiger charge is -2.09. The number of carbonyl (C=O) groups excluding carboxylic acids is 1. The number of halogens is 5. The van der Waals surface area contributed by atoms with Crippen LogP contribution in [0.15, 0.2) is 41.0 Å². The summed E-state index contributed by atoms with van der Waals surface area (Å²) in [6.07, 6.45) is -3.57. The number of hydrogen-bond donors (Lipinski definition) is 1. The third-order valence-corrected chi connectivity index (χ3v) is 3.41. The van der Waals surface area contributed by atoms with Crippen LogP contribution in [0.25, 0.3) is 0 Å². The second-order valence-electron chi connectivity index (χ2n) is 4.01. The van der Waals surface area contributed by atoms with E-state index in [1.807, 2.05) is 0 Å². The highest BCUT2D eigenvalue weighted by molar-refractivity contribution is 9.10. The Morgan fingerprint density at radius 1 is 1.24 bits per heavy atom. The van der Waals surface area contributed by atoms with Gasteiger partial charge in [-0.05, 0) is 46.3 Å². The fourth-order valence-corrected chi connectivity index (χ4v) is 2.10. The van der Waals surface area contributed by atoms with Crippen LogP contribution >= 0.6 is 27.5 Å². The molecule has 0 radical (unpaired) electrons.